The molecule has 5 heteroatoms. The third kappa shape index (κ3) is 2.19. The minimum atomic E-state index is 0.588. The predicted molar refractivity (Wildman–Crippen MR) is 75.7 cm³/mol. The number of benzene rings is 1. The fraction of sp³-hybridized carbons (Fsp3) is 0.286. The number of nitrogens with two attached hydrogens (primary N) is 1. The van der Waals surface area contributed by atoms with Gasteiger partial charge in [-0.3, -0.25) is 4.68 Å². The Morgan fingerprint density at radius 2 is 2.11 bits per heavy atom. The second-order valence-electron chi connectivity index (χ2n) is 4.69. The first-order valence-corrected chi connectivity index (χ1v) is 6.44. The molecule has 5 nitrogen and oxygen atoms in total. The van der Waals surface area contributed by atoms with Gasteiger partial charge in [0.1, 0.15) is 0 Å². The fourth-order valence-electron chi connectivity index (χ4n) is 2.43. The Labute approximate surface area is 111 Å². The molecule has 2 aromatic heterocycles. The van der Waals surface area contributed by atoms with E-state index in [0.29, 0.717) is 5.95 Å². The van der Waals surface area contributed by atoms with Crippen LogP contribution in [0.4, 0.5) is 5.95 Å². The predicted octanol–water partition coefficient (Wildman–Crippen LogP) is 2.21. The Bertz CT molecular complexity index is 681. The molecule has 0 aliphatic heterocycles. The normalized spacial score (nSPS) is 11.2. The van der Waals surface area contributed by atoms with Crippen LogP contribution >= 0.6 is 0 Å². The molecule has 0 fully saturated rings. The number of para-hydroxylation sites is 1. The first-order valence-electron chi connectivity index (χ1n) is 6.44. The summed E-state index contributed by atoms with van der Waals surface area (Å²) in [5.41, 5.74) is 9.33. The number of rotatable bonds is 4. The minimum Gasteiger partial charge on any atom is -0.369 e. The summed E-state index contributed by atoms with van der Waals surface area (Å²) in [4.78, 5) is 4.41. The number of hydrogen-bond donors (Lipinski definition) is 1. The largest absolute Gasteiger partial charge is 0.369 e. The molecule has 0 aliphatic carbocycles. The summed E-state index contributed by atoms with van der Waals surface area (Å²) in [6, 6.07) is 8.04. The van der Waals surface area contributed by atoms with Crippen LogP contribution in [0.25, 0.3) is 11.0 Å². The number of nitrogens with zero attached hydrogens (tertiary/aromatic N) is 4. The first kappa shape index (κ1) is 11.8. The van der Waals surface area contributed by atoms with Crippen molar-refractivity contribution in [2.24, 2.45) is 0 Å². The monoisotopic (exact) mass is 255 g/mol. The Hall–Kier alpha value is -2.30. The summed E-state index contributed by atoms with van der Waals surface area (Å²) < 4.78 is 4.02. The molecule has 0 saturated carbocycles. The third-order valence-electron chi connectivity index (χ3n) is 3.33. The van der Waals surface area contributed by atoms with Gasteiger partial charge in [-0.2, -0.15) is 5.10 Å². The van der Waals surface area contributed by atoms with Crippen LogP contribution < -0.4 is 5.73 Å². The van der Waals surface area contributed by atoms with E-state index in [1.807, 2.05) is 29.1 Å². The van der Waals surface area contributed by atoms with Gasteiger partial charge in [0, 0.05) is 25.5 Å². The van der Waals surface area contributed by atoms with E-state index >= 15 is 0 Å². The van der Waals surface area contributed by atoms with E-state index in [1.165, 1.54) is 5.56 Å². The molecular formula is C14H17N5. The lowest BCUT2D eigenvalue weighted by Gasteiger charge is -2.08. The van der Waals surface area contributed by atoms with Crippen LogP contribution in [0.15, 0.2) is 36.7 Å². The summed E-state index contributed by atoms with van der Waals surface area (Å²) in [5, 5.41) is 4.20. The smallest absolute Gasteiger partial charge is 0.201 e. The quantitative estimate of drug-likeness (QED) is 0.777. The Kier molecular flexibility index (Phi) is 2.95. The van der Waals surface area contributed by atoms with E-state index in [2.05, 4.69) is 27.6 Å². The minimum absolute atomic E-state index is 0.588. The molecule has 0 saturated heterocycles. The Morgan fingerprint density at radius 1 is 1.21 bits per heavy atom. The van der Waals surface area contributed by atoms with Crippen molar-refractivity contribution in [2.45, 2.75) is 26.4 Å². The number of fused-ring (bicyclic) bond motifs is 1. The molecule has 0 radical (unpaired) electrons. The maximum absolute atomic E-state index is 6.01. The number of anilines is 1. The lowest BCUT2D eigenvalue weighted by molar-refractivity contribution is 0.534. The van der Waals surface area contributed by atoms with E-state index in [1.54, 1.807) is 6.20 Å². The molecule has 3 aromatic rings. The standard InChI is InChI=1S/C14H17N5/c1-11-5-2-6-12-13(11)19(14(15)17-12)10-4-9-18-8-3-7-16-18/h2-3,5-8H,4,9-10H2,1H3,(H2,15,17). The number of nitrogen functional groups attached to an aromatic ring is 1. The van der Waals surface area contributed by atoms with Crippen molar-refractivity contribution in [1.29, 1.82) is 0 Å². The molecule has 0 bridgehead atoms. The second kappa shape index (κ2) is 4.76. The summed E-state index contributed by atoms with van der Waals surface area (Å²) in [5.74, 6) is 0.588. The SMILES string of the molecule is Cc1cccc2nc(N)n(CCCn3cccn3)c12. The molecule has 2 heterocycles. The number of aryl methyl sites for hydroxylation is 3. The van der Waals surface area contributed by atoms with Gasteiger partial charge in [0.05, 0.1) is 11.0 Å². The number of hydrogen-bond acceptors (Lipinski definition) is 3. The molecule has 3 rings (SSSR count). The molecule has 0 amide bonds. The molecule has 1 aromatic carbocycles. The Morgan fingerprint density at radius 3 is 2.89 bits per heavy atom. The lowest BCUT2D eigenvalue weighted by atomic mass is 10.2. The van der Waals surface area contributed by atoms with Gasteiger partial charge in [-0.05, 0) is 31.0 Å². The van der Waals surface area contributed by atoms with E-state index in [4.69, 9.17) is 5.73 Å². The average molecular weight is 255 g/mol. The maximum Gasteiger partial charge on any atom is 0.201 e. The zero-order chi connectivity index (χ0) is 13.2. The van der Waals surface area contributed by atoms with Crippen molar-refractivity contribution in [3.63, 3.8) is 0 Å². The molecule has 0 spiro atoms. The molecule has 0 aliphatic rings. The highest BCUT2D eigenvalue weighted by atomic mass is 15.3. The van der Waals surface area contributed by atoms with Crippen molar-refractivity contribution >= 4 is 17.0 Å². The highest BCUT2D eigenvalue weighted by molar-refractivity contribution is 5.81. The lowest BCUT2D eigenvalue weighted by Crippen LogP contribution is -2.07. The molecule has 2 N–H and O–H groups in total. The van der Waals surface area contributed by atoms with Crippen LogP contribution in [-0.4, -0.2) is 19.3 Å². The van der Waals surface area contributed by atoms with Crippen LogP contribution in [0.2, 0.25) is 0 Å². The van der Waals surface area contributed by atoms with Crippen LogP contribution in [0.1, 0.15) is 12.0 Å². The topological polar surface area (TPSA) is 61.7 Å². The van der Waals surface area contributed by atoms with Crippen molar-refractivity contribution in [3.8, 4) is 0 Å². The van der Waals surface area contributed by atoms with Gasteiger partial charge in [-0.1, -0.05) is 12.1 Å². The van der Waals surface area contributed by atoms with Gasteiger partial charge < -0.3 is 10.3 Å². The summed E-state index contributed by atoms with van der Waals surface area (Å²) >= 11 is 0. The molecule has 0 unspecified atom stereocenters. The summed E-state index contributed by atoms with van der Waals surface area (Å²) in [6.07, 6.45) is 4.75. The van der Waals surface area contributed by atoms with Crippen LogP contribution in [0.5, 0.6) is 0 Å². The van der Waals surface area contributed by atoms with Crippen molar-refractivity contribution < 1.29 is 0 Å². The van der Waals surface area contributed by atoms with Crippen molar-refractivity contribution in [2.75, 3.05) is 5.73 Å². The Balaban J connectivity index is 1.82. The highest BCUT2D eigenvalue weighted by Gasteiger charge is 2.09. The highest BCUT2D eigenvalue weighted by Crippen LogP contribution is 2.21. The van der Waals surface area contributed by atoms with E-state index < -0.39 is 0 Å². The molecule has 19 heavy (non-hydrogen) atoms. The van der Waals surface area contributed by atoms with E-state index in [0.717, 1.165) is 30.5 Å². The zero-order valence-electron chi connectivity index (χ0n) is 11.0. The maximum atomic E-state index is 6.01. The van der Waals surface area contributed by atoms with Crippen molar-refractivity contribution in [1.82, 2.24) is 19.3 Å². The van der Waals surface area contributed by atoms with Crippen LogP contribution in [-0.2, 0) is 13.1 Å². The fourth-order valence-corrected chi connectivity index (χ4v) is 2.43. The van der Waals surface area contributed by atoms with Gasteiger partial charge in [-0.25, -0.2) is 4.98 Å². The zero-order valence-corrected chi connectivity index (χ0v) is 11.0. The van der Waals surface area contributed by atoms with E-state index in [9.17, 15) is 0 Å². The van der Waals surface area contributed by atoms with E-state index in [-0.39, 0.29) is 0 Å². The van der Waals surface area contributed by atoms with Gasteiger partial charge in [0.2, 0.25) is 5.95 Å². The van der Waals surface area contributed by atoms with Gasteiger partial charge >= 0.3 is 0 Å². The second-order valence-corrected chi connectivity index (χ2v) is 4.69. The molecule has 0 atom stereocenters. The van der Waals surface area contributed by atoms with Gasteiger partial charge in [0.25, 0.3) is 0 Å². The number of imidazole rings is 1. The summed E-state index contributed by atoms with van der Waals surface area (Å²) in [6.45, 7) is 3.83. The van der Waals surface area contributed by atoms with Crippen LogP contribution in [0, 0.1) is 6.92 Å². The molecule has 98 valence electrons. The summed E-state index contributed by atoms with van der Waals surface area (Å²) in [7, 11) is 0. The van der Waals surface area contributed by atoms with Crippen molar-refractivity contribution in [3.05, 3.63) is 42.2 Å². The molecular weight excluding hydrogens is 238 g/mol. The van der Waals surface area contributed by atoms with Crippen LogP contribution in [0.3, 0.4) is 0 Å². The first-order chi connectivity index (χ1) is 9.25. The van der Waals surface area contributed by atoms with Gasteiger partial charge in [-0.15, -0.1) is 0 Å². The number of aromatic nitrogens is 4. The third-order valence-corrected chi connectivity index (χ3v) is 3.33. The average Bonchev–Trinajstić information content (AvgIpc) is 2.99. The van der Waals surface area contributed by atoms with Gasteiger partial charge in [0.15, 0.2) is 0 Å².